The van der Waals surface area contributed by atoms with E-state index in [4.69, 9.17) is 22.4 Å². The molecule has 1 aromatic rings. The number of hydrogen-bond donors (Lipinski definition) is 2. The average molecular weight is 229 g/mol. The Morgan fingerprint density at radius 2 is 2.20 bits per heavy atom. The Balaban J connectivity index is 3.04. The Labute approximate surface area is 93.1 Å². The van der Waals surface area contributed by atoms with Gasteiger partial charge >= 0.3 is 5.97 Å². The summed E-state index contributed by atoms with van der Waals surface area (Å²) < 4.78 is 0. The van der Waals surface area contributed by atoms with Crippen LogP contribution < -0.4 is 5.73 Å². The highest BCUT2D eigenvalue weighted by atomic mass is 35.5. The van der Waals surface area contributed by atoms with Crippen molar-refractivity contribution < 1.29 is 9.90 Å². The molecule has 0 aliphatic heterocycles. The molecule has 5 heteroatoms. The molecular formula is C10H13ClN2O2. The molecule has 0 saturated carbocycles. The third-order valence-corrected chi connectivity index (χ3v) is 2.75. The quantitative estimate of drug-likeness (QED) is 0.831. The van der Waals surface area contributed by atoms with Crippen LogP contribution in [-0.2, 0) is 4.79 Å². The topological polar surface area (TPSA) is 76.2 Å². The molecule has 0 bridgehead atoms. The summed E-state index contributed by atoms with van der Waals surface area (Å²) in [5.74, 6) is -1.26. The van der Waals surface area contributed by atoms with Gasteiger partial charge in [0.05, 0.1) is 10.9 Å². The smallest absolute Gasteiger partial charge is 0.306 e. The zero-order valence-corrected chi connectivity index (χ0v) is 9.32. The number of pyridine rings is 1. The minimum Gasteiger partial charge on any atom is -0.481 e. The molecule has 2 atom stereocenters. The summed E-state index contributed by atoms with van der Waals surface area (Å²) in [4.78, 5) is 14.7. The standard InChI is InChI=1S/C10H13ClN2O2/c1-5(6(2)10(14)15)8-3-7(11)4-13-9(8)12/h3-6H,1-2H3,(H2,12,13)(H,14,15). The van der Waals surface area contributed by atoms with Crippen LogP contribution in [0.15, 0.2) is 12.3 Å². The van der Waals surface area contributed by atoms with Gasteiger partial charge in [-0.05, 0) is 17.5 Å². The molecule has 0 aliphatic rings. The van der Waals surface area contributed by atoms with E-state index >= 15 is 0 Å². The zero-order chi connectivity index (χ0) is 11.6. The molecule has 0 radical (unpaired) electrons. The van der Waals surface area contributed by atoms with E-state index in [-0.39, 0.29) is 5.92 Å². The Kier molecular flexibility index (Phi) is 3.52. The number of aliphatic carboxylic acids is 1. The molecule has 15 heavy (non-hydrogen) atoms. The first-order valence-electron chi connectivity index (χ1n) is 4.57. The van der Waals surface area contributed by atoms with Gasteiger partial charge in [-0.2, -0.15) is 0 Å². The van der Waals surface area contributed by atoms with Crippen molar-refractivity contribution in [3.05, 3.63) is 22.8 Å². The number of nitrogen functional groups attached to an aromatic ring is 1. The van der Waals surface area contributed by atoms with Gasteiger partial charge in [0.2, 0.25) is 0 Å². The third-order valence-electron chi connectivity index (χ3n) is 2.55. The zero-order valence-electron chi connectivity index (χ0n) is 8.57. The van der Waals surface area contributed by atoms with Crippen LogP contribution >= 0.6 is 11.6 Å². The molecule has 3 N–H and O–H groups in total. The molecule has 2 unspecified atom stereocenters. The lowest BCUT2D eigenvalue weighted by Crippen LogP contribution is -2.18. The Morgan fingerprint density at radius 3 is 2.73 bits per heavy atom. The average Bonchev–Trinajstić information content (AvgIpc) is 2.19. The Hall–Kier alpha value is -1.29. The summed E-state index contributed by atoms with van der Waals surface area (Å²) >= 11 is 5.78. The highest BCUT2D eigenvalue weighted by molar-refractivity contribution is 6.30. The molecular weight excluding hydrogens is 216 g/mol. The molecule has 1 rings (SSSR count). The van der Waals surface area contributed by atoms with Crippen molar-refractivity contribution in [2.45, 2.75) is 19.8 Å². The van der Waals surface area contributed by atoms with E-state index in [1.807, 2.05) is 0 Å². The van der Waals surface area contributed by atoms with Gasteiger partial charge in [0.15, 0.2) is 0 Å². The molecule has 4 nitrogen and oxygen atoms in total. The van der Waals surface area contributed by atoms with E-state index in [9.17, 15) is 4.79 Å². The number of hydrogen-bond acceptors (Lipinski definition) is 3. The maximum Gasteiger partial charge on any atom is 0.306 e. The fourth-order valence-corrected chi connectivity index (χ4v) is 1.48. The van der Waals surface area contributed by atoms with Crippen molar-refractivity contribution in [1.82, 2.24) is 4.98 Å². The molecule has 0 fully saturated rings. The minimum atomic E-state index is -0.859. The fraction of sp³-hybridized carbons (Fsp3) is 0.400. The Morgan fingerprint density at radius 1 is 1.60 bits per heavy atom. The first-order valence-corrected chi connectivity index (χ1v) is 4.95. The fourth-order valence-electron chi connectivity index (χ4n) is 1.31. The van der Waals surface area contributed by atoms with Crippen LogP contribution in [0.25, 0.3) is 0 Å². The second kappa shape index (κ2) is 4.49. The normalized spacial score (nSPS) is 14.6. The van der Waals surface area contributed by atoms with Gasteiger partial charge in [-0.1, -0.05) is 25.4 Å². The molecule has 1 aromatic heterocycles. The number of nitrogens with zero attached hydrogens (tertiary/aromatic N) is 1. The Bertz CT molecular complexity index is 382. The second-order valence-corrected chi connectivity index (χ2v) is 3.98. The lowest BCUT2D eigenvalue weighted by atomic mass is 9.89. The maximum atomic E-state index is 10.8. The van der Waals surface area contributed by atoms with Crippen molar-refractivity contribution >= 4 is 23.4 Å². The predicted molar refractivity (Wildman–Crippen MR) is 58.9 cm³/mol. The lowest BCUT2D eigenvalue weighted by Gasteiger charge is -2.17. The van der Waals surface area contributed by atoms with Crippen LogP contribution in [0.3, 0.4) is 0 Å². The summed E-state index contributed by atoms with van der Waals surface area (Å²) in [5.41, 5.74) is 6.34. The first-order chi connectivity index (χ1) is 6.93. The van der Waals surface area contributed by atoms with Gasteiger partial charge in [-0.25, -0.2) is 4.98 Å². The van der Waals surface area contributed by atoms with Crippen molar-refractivity contribution in [1.29, 1.82) is 0 Å². The van der Waals surface area contributed by atoms with Crippen LogP contribution in [0.4, 0.5) is 5.82 Å². The van der Waals surface area contributed by atoms with Gasteiger partial charge in [-0.15, -0.1) is 0 Å². The number of nitrogens with two attached hydrogens (primary N) is 1. The SMILES string of the molecule is CC(C(=O)O)C(C)c1cc(Cl)cnc1N. The van der Waals surface area contributed by atoms with Gasteiger partial charge in [0.1, 0.15) is 5.82 Å². The van der Waals surface area contributed by atoms with E-state index in [2.05, 4.69) is 4.98 Å². The van der Waals surface area contributed by atoms with E-state index in [1.54, 1.807) is 19.9 Å². The second-order valence-electron chi connectivity index (χ2n) is 3.54. The minimum absolute atomic E-state index is 0.214. The molecule has 0 saturated heterocycles. The van der Waals surface area contributed by atoms with Crippen LogP contribution in [0.2, 0.25) is 5.02 Å². The highest BCUT2D eigenvalue weighted by Gasteiger charge is 2.23. The predicted octanol–water partition coefficient (Wildman–Crippen LogP) is 2.14. The number of halogens is 1. The third kappa shape index (κ3) is 2.59. The highest BCUT2D eigenvalue weighted by Crippen LogP contribution is 2.29. The van der Waals surface area contributed by atoms with E-state index in [0.717, 1.165) is 0 Å². The molecule has 0 aromatic carbocycles. The number of carboxylic acid groups (broad SMARTS) is 1. The van der Waals surface area contributed by atoms with Crippen molar-refractivity contribution in [2.24, 2.45) is 5.92 Å². The lowest BCUT2D eigenvalue weighted by molar-refractivity contribution is -0.141. The van der Waals surface area contributed by atoms with E-state index in [0.29, 0.717) is 16.4 Å². The first kappa shape index (κ1) is 11.8. The number of anilines is 1. The van der Waals surface area contributed by atoms with E-state index < -0.39 is 11.9 Å². The summed E-state index contributed by atoms with van der Waals surface area (Å²) in [6.07, 6.45) is 1.44. The van der Waals surface area contributed by atoms with Gasteiger partial charge in [0.25, 0.3) is 0 Å². The molecule has 0 amide bonds. The van der Waals surface area contributed by atoms with Crippen molar-refractivity contribution in [2.75, 3.05) is 5.73 Å². The summed E-state index contributed by atoms with van der Waals surface area (Å²) in [6, 6.07) is 1.66. The molecule has 0 spiro atoms. The summed E-state index contributed by atoms with van der Waals surface area (Å²) in [7, 11) is 0. The maximum absolute atomic E-state index is 10.8. The monoisotopic (exact) mass is 228 g/mol. The largest absolute Gasteiger partial charge is 0.481 e. The van der Waals surface area contributed by atoms with Crippen LogP contribution in [-0.4, -0.2) is 16.1 Å². The molecule has 1 heterocycles. The summed E-state index contributed by atoms with van der Waals surface area (Å²) in [6.45, 7) is 3.43. The number of carboxylic acids is 1. The van der Waals surface area contributed by atoms with Crippen molar-refractivity contribution in [3.8, 4) is 0 Å². The van der Waals surface area contributed by atoms with E-state index in [1.165, 1.54) is 6.20 Å². The number of carbonyl (C=O) groups is 1. The van der Waals surface area contributed by atoms with Gasteiger partial charge in [-0.3, -0.25) is 4.79 Å². The van der Waals surface area contributed by atoms with Crippen molar-refractivity contribution in [3.63, 3.8) is 0 Å². The number of aromatic nitrogens is 1. The van der Waals surface area contributed by atoms with Gasteiger partial charge < -0.3 is 10.8 Å². The molecule has 0 aliphatic carbocycles. The van der Waals surface area contributed by atoms with Crippen LogP contribution in [0, 0.1) is 5.92 Å². The molecule has 82 valence electrons. The van der Waals surface area contributed by atoms with Gasteiger partial charge in [0, 0.05) is 6.20 Å². The number of rotatable bonds is 3. The van der Waals surface area contributed by atoms with Crippen LogP contribution in [0.5, 0.6) is 0 Å². The van der Waals surface area contributed by atoms with Crippen LogP contribution in [0.1, 0.15) is 25.3 Å². The summed E-state index contributed by atoms with van der Waals surface area (Å²) in [5, 5.41) is 9.34.